The van der Waals surface area contributed by atoms with Gasteiger partial charge in [0.25, 0.3) is 0 Å². The second kappa shape index (κ2) is 9.92. The topological polar surface area (TPSA) is 78.5 Å². The SMILES string of the molecule is C[C@@H](N[C@H](C)c1ccccc1)C(=O)Nc1cc(S(=O)(=O)N2CCCCC2)ccc1Cl. The first kappa shape index (κ1) is 22.7. The van der Waals surface area contributed by atoms with Gasteiger partial charge in [-0.1, -0.05) is 48.4 Å². The maximum atomic E-state index is 12.9. The van der Waals surface area contributed by atoms with Crippen LogP contribution in [0.25, 0.3) is 0 Å². The fraction of sp³-hybridized carbons (Fsp3) is 0.409. The molecule has 8 heteroatoms. The van der Waals surface area contributed by atoms with Crippen LogP contribution in [0, 0.1) is 0 Å². The predicted octanol–water partition coefficient (Wildman–Crippen LogP) is 4.19. The summed E-state index contributed by atoms with van der Waals surface area (Å²) >= 11 is 6.24. The minimum atomic E-state index is -3.60. The third-order valence-electron chi connectivity index (χ3n) is 5.34. The number of carbonyl (C=O) groups is 1. The minimum Gasteiger partial charge on any atom is -0.323 e. The molecule has 1 aliphatic rings. The first-order valence-electron chi connectivity index (χ1n) is 10.2. The van der Waals surface area contributed by atoms with Crippen LogP contribution in [0.4, 0.5) is 5.69 Å². The van der Waals surface area contributed by atoms with Crippen LogP contribution in [0.5, 0.6) is 0 Å². The summed E-state index contributed by atoms with van der Waals surface area (Å²) in [4.78, 5) is 12.8. The van der Waals surface area contributed by atoms with Gasteiger partial charge in [-0.05, 0) is 50.5 Å². The lowest BCUT2D eigenvalue weighted by Crippen LogP contribution is -2.39. The number of anilines is 1. The molecule has 1 saturated heterocycles. The smallest absolute Gasteiger partial charge is 0.243 e. The van der Waals surface area contributed by atoms with Crippen LogP contribution in [0.15, 0.2) is 53.4 Å². The molecule has 0 saturated carbocycles. The number of piperidine rings is 1. The maximum Gasteiger partial charge on any atom is 0.243 e. The van der Waals surface area contributed by atoms with E-state index in [0.717, 1.165) is 24.8 Å². The Morgan fingerprint density at radius 1 is 1.03 bits per heavy atom. The number of nitrogens with one attached hydrogen (secondary N) is 2. The lowest BCUT2D eigenvalue weighted by atomic mass is 10.1. The van der Waals surface area contributed by atoms with Crippen LogP contribution in [-0.4, -0.2) is 37.8 Å². The number of amides is 1. The largest absolute Gasteiger partial charge is 0.323 e. The van der Waals surface area contributed by atoms with Crippen LogP contribution in [0.3, 0.4) is 0 Å². The normalized spacial score (nSPS) is 17.3. The average Bonchev–Trinajstić information content (AvgIpc) is 2.76. The molecule has 0 bridgehead atoms. The molecule has 1 fully saturated rings. The Morgan fingerprint density at radius 3 is 2.37 bits per heavy atom. The zero-order valence-corrected chi connectivity index (χ0v) is 18.8. The van der Waals surface area contributed by atoms with E-state index in [1.807, 2.05) is 37.3 Å². The van der Waals surface area contributed by atoms with E-state index in [0.29, 0.717) is 23.8 Å². The molecule has 1 heterocycles. The van der Waals surface area contributed by atoms with E-state index < -0.39 is 16.1 Å². The number of hydrogen-bond donors (Lipinski definition) is 2. The summed E-state index contributed by atoms with van der Waals surface area (Å²) in [5, 5.41) is 6.31. The third-order valence-corrected chi connectivity index (χ3v) is 7.57. The maximum absolute atomic E-state index is 12.9. The molecule has 1 aliphatic heterocycles. The van der Waals surface area contributed by atoms with E-state index in [1.165, 1.54) is 22.5 Å². The van der Waals surface area contributed by atoms with Crippen molar-refractivity contribution in [2.45, 2.75) is 50.1 Å². The zero-order valence-electron chi connectivity index (χ0n) is 17.3. The van der Waals surface area contributed by atoms with Gasteiger partial charge in [-0.3, -0.25) is 10.1 Å². The number of rotatable bonds is 7. The highest BCUT2D eigenvalue weighted by atomic mass is 35.5. The molecule has 0 spiro atoms. The van der Waals surface area contributed by atoms with Crippen molar-refractivity contribution >= 4 is 33.2 Å². The van der Waals surface area contributed by atoms with E-state index in [1.54, 1.807) is 6.92 Å². The molecule has 6 nitrogen and oxygen atoms in total. The highest BCUT2D eigenvalue weighted by Gasteiger charge is 2.27. The highest BCUT2D eigenvalue weighted by Crippen LogP contribution is 2.28. The average molecular weight is 450 g/mol. The third kappa shape index (κ3) is 5.40. The number of hydrogen-bond acceptors (Lipinski definition) is 4. The van der Waals surface area contributed by atoms with Crippen LogP contribution in [0.2, 0.25) is 5.02 Å². The van der Waals surface area contributed by atoms with Gasteiger partial charge in [0.2, 0.25) is 15.9 Å². The zero-order chi connectivity index (χ0) is 21.7. The molecule has 0 unspecified atom stereocenters. The van der Waals surface area contributed by atoms with E-state index in [2.05, 4.69) is 10.6 Å². The molecule has 30 heavy (non-hydrogen) atoms. The Labute approximate surface area is 183 Å². The van der Waals surface area contributed by atoms with Gasteiger partial charge in [-0.15, -0.1) is 0 Å². The van der Waals surface area contributed by atoms with E-state index in [9.17, 15) is 13.2 Å². The van der Waals surface area contributed by atoms with Crippen LogP contribution in [0.1, 0.15) is 44.7 Å². The van der Waals surface area contributed by atoms with Crippen LogP contribution in [-0.2, 0) is 14.8 Å². The quantitative estimate of drug-likeness (QED) is 0.664. The first-order chi connectivity index (χ1) is 14.3. The molecule has 2 N–H and O–H groups in total. The van der Waals surface area contributed by atoms with Crippen molar-refractivity contribution in [1.82, 2.24) is 9.62 Å². The molecule has 162 valence electrons. The molecule has 2 atom stereocenters. The Balaban J connectivity index is 1.71. The highest BCUT2D eigenvalue weighted by molar-refractivity contribution is 7.89. The summed E-state index contributed by atoms with van der Waals surface area (Å²) in [6, 6.07) is 13.8. The van der Waals surface area contributed by atoms with Crippen molar-refractivity contribution in [3.63, 3.8) is 0 Å². The summed E-state index contributed by atoms with van der Waals surface area (Å²) in [6.45, 7) is 4.78. The number of halogens is 1. The van der Waals surface area contributed by atoms with Crippen LogP contribution >= 0.6 is 11.6 Å². The summed E-state index contributed by atoms with van der Waals surface area (Å²) in [6.07, 6.45) is 2.76. The fourth-order valence-electron chi connectivity index (χ4n) is 3.54. The number of benzene rings is 2. The van der Waals surface area contributed by atoms with Gasteiger partial charge in [0.1, 0.15) is 0 Å². The summed E-state index contributed by atoms with van der Waals surface area (Å²) in [7, 11) is -3.60. The minimum absolute atomic E-state index is 0.0202. The van der Waals surface area contributed by atoms with Gasteiger partial charge in [-0.25, -0.2) is 8.42 Å². The second-order valence-corrected chi connectivity index (χ2v) is 9.96. The Kier molecular flexibility index (Phi) is 7.52. The standard InChI is InChI=1S/C22H28ClN3O3S/c1-16(18-9-5-3-6-10-18)24-17(2)22(27)25-21-15-19(11-12-20(21)23)30(28,29)26-13-7-4-8-14-26/h3,5-6,9-12,15-17,24H,4,7-8,13-14H2,1-2H3,(H,25,27)/t16-,17-/m1/s1. The Morgan fingerprint density at radius 2 is 1.70 bits per heavy atom. The molecule has 0 aliphatic carbocycles. The van der Waals surface area contributed by atoms with Gasteiger partial charge >= 0.3 is 0 Å². The molecule has 0 aromatic heterocycles. The van der Waals surface area contributed by atoms with E-state index in [4.69, 9.17) is 11.6 Å². The molecular formula is C22H28ClN3O3S. The molecule has 0 radical (unpaired) electrons. The lowest BCUT2D eigenvalue weighted by molar-refractivity contribution is -0.117. The number of nitrogens with zero attached hydrogens (tertiary/aromatic N) is 1. The van der Waals surface area contributed by atoms with Crippen molar-refractivity contribution in [3.05, 3.63) is 59.1 Å². The van der Waals surface area contributed by atoms with Crippen molar-refractivity contribution in [3.8, 4) is 0 Å². The summed E-state index contributed by atoms with van der Waals surface area (Å²) < 4.78 is 27.4. The number of sulfonamides is 1. The lowest BCUT2D eigenvalue weighted by Gasteiger charge is -2.26. The summed E-state index contributed by atoms with van der Waals surface area (Å²) in [5.74, 6) is -0.285. The molecule has 3 rings (SSSR count). The van der Waals surface area contributed by atoms with Gasteiger partial charge in [0, 0.05) is 19.1 Å². The van der Waals surface area contributed by atoms with Crippen molar-refractivity contribution < 1.29 is 13.2 Å². The Bertz CT molecular complexity index is 976. The second-order valence-electron chi connectivity index (χ2n) is 7.62. The predicted molar refractivity (Wildman–Crippen MR) is 120 cm³/mol. The summed E-state index contributed by atoms with van der Waals surface area (Å²) in [5.41, 5.74) is 1.37. The van der Waals surface area contributed by atoms with Gasteiger partial charge < -0.3 is 5.32 Å². The fourth-order valence-corrected chi connectivity index (χ4v) is 5.25. The van der Waals surface area contributed by atoms with E-state index >= 15 is 0 Å². The Hall–Kier alpha value is -1.93. The molecule has 1 amide bonds. The first-order valence-corrected chi connectivity index (χ1v) is 12.0. The van der Waals surface area contributed by atoms with Crippen molar-refractivity contribution in [2.24, 2.45) is 0 Å². The van der Waals surface area contributed by atoms with Crippen molar-refractivity contribution in [1.29, 1.82) is 0 Å². The van der Waals surface area contributed by atoms with Gasteiger partial charge in [-0.2, -0.15) is 4.31 Å². The molecule has 2 aromatic rings. The molecular weight excluding hydrogens is 422 g/mol. The van der Waals surface area contributed by atoms with Gasteiger partial charge in [0.15, 0.2) is 0 Å². The van der Waals surface area contributed by atoms with Gasteiger partial charge in [0.05, 0.1) is 21.6 Å². The van der Waals surface area contributed by atoms with E-state index in [-0.39, 0.29) is 16.8 Å². The number of carbonyl (C=O) groups excluding carboxylic acids is 1. The monoisotopic (exact) mass is 449 g/mol. The van der Waals surface area contributed by atoms with Crippen molar-refractivity contribution in [2.75, 3.05) is 18.4 Å². The molecule has 2 aromatic carbocycles. The van der Waals surface area contributed by atoms with Crippen LogP contribution < -0.4 is 10.6 Å².